The number of benzene rings is 2. The summed E-state index contributed by atoms with van der Waals surface area (Å²) in [5.74, 6) is 0.846. The van der Waals surface area contributed by atoms with Crippen molar-refractivity contribution in [3.8, 4) is 0 Å². The van der Waals surface area contributed by atoms with Crippen molar-refractivity contribution in [3.63, 3.8) is 0 Å². The van der Waals surface area contributed by atoms with Crippen molar-refractivity contribution in [2.24, 2.45) is 0 Å². The van der Waals surface area contributed by atoms with E-state index in [1.165, 1.54) is 0 Å². The lowest BCUT2D eigenvalue weighted by Crippen LogP contribution is -2.02. The van der Waals surface area contributed by atoms with Gasteiger partial charge >= 0.3 is 0 Å². The lowest BCUT2D eigenvalue weighted by atomic mass is 10.1. The van der Waals surface area contributed by atoms with Crippen LogP contribution in [0.4, 0.5) is 5.82 Å². The van der Waals surface area contributed by atoms with Crippen LogP contribution in [-0.2, 0) is 6.54 Å². The standard InChI is InChI=1S/C16H14ClN3/c1-11-4-2-7-14-15(11)19-10-20-16(14)18-9-12-5-3-6-13(17)8-12/h2-8,10H,9H2,1H3,(H,18,19,20). The summed E-state index contributed by atoms with van der Waals surface area (Å²) in [5, 5.41) is 5.13. The maximum absolute atomic E-state index is 5.99. The van der Waals surface area contributed by atoms with Gasteiger partial charge in [-0.15, -0.1) is 0 Å². The second-order valence-corrected chi connectivity index (χ2v) is 5.11. The predicted octanol–water partition coefficient (Wildman–Crippen LogP) is 4.20. The first-order chi connectivity index (χ1) is 9.74. The van der Waals surface area contributed by atoms with Crippen LogP contribution in [0.5, 0.6) is 0 Å². The molecular formula is C16H14ClN3. The van der Waals surface area contributed by atoms with E-state index in [9.17, 15) is 0 Å². The van der Waals surface area contributed by atoms with Crippen molar-refractivity contribution in [1.82, 2.24) is 9.97 Å². The first-order valence-electron chi connectivity index (χ1n) is 6.43. The van der Waals surface area contributed by atoms with E-state index in [1.807, 2.05) is 36.4 Å². The van der Waals surface area contributed by atoms with Gasteiger partial charge < -0.3 is 5.32 Å². The molecule has 1 N–H and O–H groups in total. The summed E-state index contributed by atoms with van der Waals surface area (Å²) in [6.45, 7) is 2.73. The fourth-order valence-electron chi connectivity index (χ4n) is 2.21. The van der Waals surface area contributed by atoms with Gasteiger partial charge in [-0.25, -0.2) is 9.97 Å². The second kappa shape index (κ2) is 5.47. The van der Waals surface area contributed by atoms with Crippen LogP contribution < -0.4 is 5.32 Å². The molecule has 0 fully saturated rings. The number of halogens is 1. The highest BCUT2D eigenvalue weighted by molar-refractivity contribution is 6.30. The Morgan fingerprint density at radius 2 is 1.95 bits per heavy atom. The average molecular weight is 284 g/mol. The van der Waals surface area contributed by atoms with E-state index in [-0.39, 0.29) is 0 Å². The molecule has 1 aromatic heterocycles. The van der Waals surface area contributed by atoms with Gasteiger partial charge in [0.1, 0.15) is 12.1 Å². The van der Waals surface area contributed by atoms with Crippen LogP contribution >= 0.6 is 11.6 Å². The van der Waals surface area contributed by atoms with Crippen molar-refractivity contribution < 1.29 is 0 Å². The molecule has 0 radical (unpaired) electrons. The minimum atomic E-state index is 0.681. The Bertz CT molecular complexity index is 756. The van der Waals surface area contributed by atoms with Crippen LogP contribution in [0.1, 0.15) is 11.1 Å². The Kier molecular flexibility index (Phi) is 3.52. The van der Waals surface area contributed by atoms with Crippen LogP contribution in [0, 0.1) is 6.92 Å². The molecule has 0 spiro atoms. The Hall–Kier alpha value is -2.13. The van der Waals surface area contributed by atoms with Crippen LogP contribution in [0.3, 0.4) is 0 Å². The molecule has 3 rings (SSSR count). The summed E-state index contributed by atoms with van der Waals surface area (Å²) in [6.07, 6.45) is 1.59. The first kappa shape index (κ1) is 12.9. The fourth-order valence-corrected chi connectivity index (χ4v) is 2.42. The highest BCUT2D eigenvalue weighted by Crippen LogP contribution is 2.22. The van der Waals surface area contributed by atoms with Crippen molar-refractivity contribution in [2.75, 3.05) is 5.32 Å². The monoisotopic (exact) mass is 283 g/mol. The molecule has 0 saturated heterocycles. The Morgan fingerprint density at radius 3 is 2.80 bits per heavy atom. The number of para-hydroxylation sites is 1. The van der Waals surface area contributed by atoms with Gasteiger partial charge in [0.05, 0.1) is 5.52 Å². The van der Waals surface area contributed by atoms with Crippen LogP contribution in [-0.4, -0.2) is 9.97 Å². The summed E-state index contributed by atoms with van der Waals surface area (Å²) in [7, 11) is 0. The molecule has 1 heterocycles. The van der Waals surface area contributed by atoms with Crippen molar-refractivity contribution in [1.29, 1.82) is 0 Å². The largest absolute Gasteiger partial charge is 0.365 e. The highest BCUT2D eigenvalue weighted by atomic mass is 35.5. The molecule has 0 aliphatic rings. The lowest BCUT2D eigenvalue weighted by Gasteiger charge is -2.09. The molecule has 0 aliphatic carbocycles. The number of aromatic nitrogens is 2. The number of nitrogens with zero attached hydrogens (tertiary/aromatic N) is 2. The third-order valence-electron chi connectivity index (χ3n) is 3.22. The number of aryl methyl sites for hydroxylation is 1. The maximum atomic E-state index is 5.99. The van der Waals surface area contributed by atoms with Gasteiger partial charge in [0.2, 0.25) is 0 Å². The molecule has 0 atom stereocenters. The first-order valence-corrected chi connectivity index (χ1v) is 6.80. The van der Waals surface area contributed by atoms with Crippen LogP contribution in [0.25, 0.3) is 10.9 Å². The molecule has 4 heteroatoms. The van der Waals surface area contributed by atoms with Crippen LogP contribution in [0.2, 0.25) is 5.02 Å². The number of nitrogens with one attached hydrogen (secondary N) is 1. The molecule has 2 aromatic carbocycles. The number of rotatable bonds is 3. The Labute approximate surface area is 122 Å². The molecule has 100 valence electrons. The third-order valence-corrected chi connectivity index (χ3v) is 3.45. The van der Waals surface area contributed by atoms with E-state index >= 15 is 0 Å². The van der Waals surface area contributed by atoms with Crippen molar-refractivity contribution in [2.45, 2.75) is 13.5 Å². The number of anilines is 1. The smallest absolute Gasteiger partial charge is 0.137 e. The zero-order valence-corrected chi connectivity index (χ0v) is 11.9. The Morgan fingerprint density at radius 1 is 1.10 bits per heavy atom. The molecule has 0 bridgehead atoms. The van der Waals surface area contributed by atoms with E-state index in [2.05, 4.69) is 28.3 Å². The molecule has 0 saturated carbocycles. The van der Waals surface area contributed by atoms with Gasteiger partial charge in [-0.3, -0.25) is 0 Å². The fraction of sp³-hybridized carbons (Fsp3) is 0.125. The number of hydrogen-bond donors (Lipinski definition) is 1. The average Bonchev–Trinajstić information content (AvgIpc) is 2.46. The second-order valence-electron chi connectivity index (χ2n) is 4.68. The number of fused-ring (bicyclic) bond motifs is 1. The van der Waals surface area contributed by atoms with Gasteiger partial charge in [-0.2, -0.15) is 0 Å². The molecule has 3 nitrogen and oxygen atoms in total. The minimum Gasteiger partial charge on any atom is -0.365 e. The quantitative estimate of drug-likeness (QED) is 0.783. The zero-order valence-electron chi connectivity index (χ0n) is 11.1. The van der Waals surface area contributed by atoms with Gasteiger partial charge in [-0.1, -0.05) is 35.9 Å². The molecule has 3 aromatic rings. The van der Waals surface area contributed by atoms with Gasteiger partial charge in [-0.05, 0) is 36.2 Å². The minimum absolute atomic E-state index is 0.681. The van der Waals surface area contributed by atoms with Crippen LogP contribution in [0.15, 0.2) is 48.8 Å². The summed E-state index contributed by atoms with van der Waals surface area (Å²) >= 11 is 5.99. The molecule has 20 heavy (non-hydrogen) atoms. The van der Waals surface area contributed by atoms with Crippen molar-refractivity contribution in [3.05, 3.63) is 64.9 Å². The van der Waals surface area contributed by atoms with Gasteiger partial charge in [0, 0.05) is 17.0 Å². The van der Waals surface area contributed by atoms with Crippen molar-refractivity contribution >= 4 is 28.3 Å². The van der Waals surface area contributed by atoms with E-state index in [4.69, 9.17) is 11.6 Å². The SMILES string of the molecule is Cc1cccc2c(NCc3cccc(Cl)c3)ncnc12. The Balaban J connectivity index is 1.90. The molecule has 0 aliphatic heterocycles. The maximum Gasteiger partial charge on any atom is 0.137 e. The third kappa shape index (κ3) is 2.58. The van der Waals surface area contributed by atoms with E-state index in [0.717, 1.165) is 32.9 Å². The van der Waals surface area contributed by atoms with E-state index < -0.39 is 0 Å². The van der Waals surface area contributed by atoms with Gasteiger partial charge in [0.15, 0.2) is 0 Å². The van der Waals surface area contributed by atoms with Gasteiger partial charge in [0.25, 0.3) is 0 Å². The van der Waals surface area contributed by atoms with E-state index in [0.29, 0.717) is 6.54 Å². The molecule has 0 unspecified atom stereocenters. The predicted molar refractivity (Wildman–Crippen MR) is 83.1 cm³/mol. The summed E-state index contributed by atoms with van der Waals surface area (Å²) < 4.78 is 0. The summed E-state index contributed by atoms with van der Waals surface area (Å²) in [6, 6.07) is 13.9. The molecular weight excluding hydrogens is 270 g/mol. The van der Waals surface area contributed by atoms with E-state index in [1.54, 1.807) is 6.33 Å². The topological polar surface area (TPSA) is 37.8 Å². The zero-order chi connectivity index (χ0) is 13.9. The molecule has 0 amide bonds. The normalized spacial score (nSPS) is 10.7. The summed E-state index contributed by atoms with van der Waals surface area (Å²) in [5.41, 5.74) is 3.25. The summed E-state index contributed by atoms with van der Waals surface area (Å²) in [4.78, 5) is 8.67. The lowest BCUT2D eigenvalue weighted by molar-refractivity contribution is 1.10. The highest BCUT2D eigenvalue weighted by Gasteiger charge is 2.05. The number of hydrogen-bond acceptors (Lipinski definition) is 3.